The summed E-state index contributed by atoms with van der Waals surface area (Å²) in [6, 6.07) is 51.6. The van der Waals surface area contributed by atoms with Crippen molar-refractivity contribution in [2.24, 2.45) is 10.8 Å². The van der Waals surface area contributed by atoms with Crippen LogP contribution in [0.3, 0.4) is 0 Å². The maximum atomic E-state index is 7.05. The maximum absolute atomic E-state index is 7.05. The SMILES string of the molecule is CC12CN(p3oc4ccc5ccccc5c4c4c(ccc5ccccc54)o3)CC1(C)CN(p1oc3ccc4ccccc4c3c3c(ccc4ccccc43)o1)C2. The second-order valence-corrected chi connectivity index (χ2v) is 19.1. The molecular formula is C48H38N2O4P2. The number of benzene rings is 8. The van der Waals surface area contributed by atoms with Gasteiger partial charge in [-0.25, -0.2) is 9.34 Å². The van der Waals surface area contributed by atoms with E-state index in [9.17, 15) is 0 Å². The fourth-order valence-electron chi connectivity index (χ4n) is 9.76. The Hall–Kier alpha value is -5.48. The van der Waals surface area contributed by atoms with E-state index < -0.39 is 16.3 Å². The van der Waals surface area contributed by atoms with E-state index in [0.29, 0.717) is 0 Å². The zero-order valence-electron chi connectivity index (χ0n) is 31.1. The van der Waals surface area contributed by atoms with Crippen molar-refractivity contribution in [2.45, 2.75) is 13.8 Å². The average Bonchev–Trinajstić information content (AvgIpc) is 3.45. The molecule has 2 aliphatic heterocycles. The van der Waals surface area contributed by atoms with E-state index in [2.05, 4.69) is 169 Å². The zero-order chi connectivity index (χ0) is 37.2. The first-order valence-electron chi connectivity index (χ1n) is 19.3. The second kappa shape index (κ2) is 12.0. The number of nitrogens with zero attached hydrogens (tertiary/aromatic N) is 2. The summed E-state index contributed by atoms with van der Waals surface area (Å²) in [7, 11) is -2.90. The second-order valence-electron chi connectivity index (χ2n) is 16.2. The van der Waals surface area contributed by atoms with Gasteiger partial charge in [-0.3, -0.25) is 0 Å². The van der Waals surface area contributed by atoms with Crippen molar-refractivity contribution < 1.29 is 16.8 Å². The standard InChI is InChI=1S/C48H38N2O4P2/c1-47-27-49(55-51-39-23-19-31-11-3-7-15-35(31)43(39)44-36-16-8-4-12-32(36)20-24-40(44)52-55)29-48(47,2)30-50(28-47)56-53-41-25-21-33-13-5-9-17-37(33)45(41)46-38-18-10-6-14-34(38)22-26-42(46)54-56/h3-26H,27-30H2,1-2H3. The Morgan fingerprint density at radius 1 is 0.357 bits per heavy atom. The van der Waals surface area contributed by atoms with Crippen molar-refractivity contribution in [1.82, 2.24) is 0 Å². The third-order valence-electron chi connectivity index (χ3n) is 12.8. The van der Waals surface area contributed by atoms with Crippen LogP contribution in [0.2, 0.25) is 0 Å². The molecule has 6 nitrogen and oxygen atoms in total. The highest BCUT2D eigenvalue weighted by Gasteiger charge is 2.59. The van der Waals surface area contributed by atoms with Crippen LogP contribution in [-0.4, -0.2) is 26.2 Å². The van der Waals surface area contributed by atoms with Gasteiger partial charge in [0.1, 0.15) is 22.3 Å². The minimum absolute atomic E-state index is 0.0629. The highest BCUT2D eigenvalue weighted by Crippen LogP contribution is 2.58. The van der Waals surface area contributed by atoms with Crippen LogP contribution in [0.15, 0.2) is 162 Å². The molecule has 8 aromatic carbocycles. The van der Waals surface area contributed by atoms with E-state index >= 15 is 0 Å². The van der Waals surface area contributed by atoms with Crippen LogP contribution in [-0.2, 0) is 0 Å². The number of rotatable bonds is 2. The molecule has 0 N–H and O–H groups in total. The number of hydrogen-bond acceptors (Lipinski definition) is 6. The van der Waals surface area contributed by atoms with Gasteiger partial charge >= 0.3 is 16.3 Å². The fraction of sp³-hybridized carbons (Fsp3) is 0.167. The predicted octanol–water partition coefficient (Wildman–Crippen LogP) is 14.1. The molecule has 4 heterocycles. The van der Waals surface area contributed by atoms with E-state index in [1.807, 2.05) is 0 Å². The third-order valence-corrected chi connectivity index (χ3v) is 15.7. The van der Waals surface area contributed by atoms with Crippen molar-refractivity contribution in [3.8, 4) is 0 Å². The molecule has 0 unspecified atom stereocenters. The molecule has 2 saturated heterocycles. The molecule has 2 aliphatic rings. The fourth-order valence-corrected chi connectivity index (χ4v) is 13.3. The Bertz CT molecular complexity index is 2920. The summed E-state index contributed by atoms with van der Waals surface area (Å²) in [6.07, 6.45) is 0. The molecule has 10 aromatic rings. The summed E-state index contributed by atoms with van der Waals surface area (Å²) < 4.78 is 33.2. The molecule has 0 bridgehead atoms. The zero-order valence-corrected chi connectivity index (χ0v) is 32.9. The van der Waals surface area contributed by atoms with Crippen LogP contribution < -0.4 is 9.34 Å². The lowest BCUT2D eigenvalue weighted by atomic mass is 9.71. The van der Waals surface area contributed by atoms with E-state index in [-0.39, 0.29) is 10.8 Å². The van der Waals surface area contributed by atoms with Crippen LogP contribution >= 0.6 is 16.3 Å². The van der Waals surface area contributed by atoms with Crippen molar-refractivity contribution in [1.29, 1.82) is 0 Å². The smallest absolute Gasteiger partial charge is 0.309 e. The van der Waals surface area contributed by atoms with Gasteiger partial charge < -0.3 is 16.8 Å². The lowest BCUT2D eigenvalue weighted by Crippen LogP contribution is -2.34. The van der Waals surface area contributed by atoms with Crippen LogP contribution in [0.1, 0.15) is 13.8 Å². The van der Waals surface area contributed by atoms with E-state index in [1.165, 1.54) is 43.1 Å². The molecule has 274 valence electrons. The molecule has 0 saturated carbocycles. The minimum atomic E-state index is -1.45. The topological polar surface area (TPSA) is 59.0 Å². The Labute approximate surface area is 324 Å². The lowest BCUT2D eigenvalue weighted by Gasteiger charge is -2.30. The summed E-state index contributed by atoms with van der Waals surface area (Å²) in [6.45, 7) is 8.21. The first-order valence-corrected chi connectivity index (χ1v) is 21.6. The van der Waals surface area contributed by atoms with E-state index in [1.54, 1.807) is 0 Å². The van der Waals surface area contributed by atoms with Gasteiger partial charge in [0, 0.05) is 58.6 Å². The van der Waals surface area contributed by atoms with Crippen LogP contribution in [0.25, 0.3) is 87.0 Å². The highest BCUT2D eigenvalue weighted by atomic mass is 31.1. The van der Waals surface area contributed by atoms with Crippen molar-refractivity contribution >= 4 is 103 Å². The molecule has 0 spiro atoms. The molecule has 56 heavy (non-hydrogen) atoms. The largest absolute Gasteiger partial charge is 0.408 e. The van der Waals surface area contributed by atoms with Gasteiger partial charge in [-0.15, -0.1) is 0 Å². The van der Waals surface area contributed by atoms with E-state index in [0.717, 1.165) is 70.1 Å². The molecular weight excluding hydrogens is 730 g/mol. The normalized spacial score (nSPS) is 20.4. The lowest BCUT2D eigenvalue weighted by molar-refractivity contribution is 0.212. The van der Waals surface area contributed by atoms with Crippen LogP contribution in [0, 0.1) is 10.8 Å². The first-order chi connectivity index (χ1) is 27.4. The van der Waals surface area contributed by atoms with Crippen LogP contribution in [0.5, 0.6) is 0 Å². The van der Waals surface area contributed by atoms with Gasteiger partial charge in [0.05, 0.1) is 0 Å². The van der Waals surface area contributed by atoms with Gasteiger partial charge in [0.25, 0.3) is 0 Å². The Kier molecular flexibility index (Phi) is 7.02. The predicted molar refractivity (Wildman–Crippen MR) is 235 cm³/mol. The number of hydrogen-bond donors (Lipinski definition) is 0. The summed E-state index contributed by atoms with van der Waals surface area (Å²) in [4.78, 5) is 0. The van der Waals surface area contributed by atoms with Gasteiger partial charge in [-0.05, 0) is 67.4 Å². The quantitative estimate of drug-likeness (QED) is 0.175. The van der Waals surface area contributed by atoms with Crippen molar-refractivity contribution in [2.75, 3.05) is 35.5 Å². The Morgan fingerprint density at radius 2 is 0.607 bits per heavy atom. The van der Waals surface area contributed by atoms with Crippen LogP contribution in [0.4, 0.5) is 0 Å². The molecule has 0 atom stereocenters. The number of fused-ring (bicyclic) bond motifs is 15. The van der Waals surface area contributed by atoms with Gasteiger partial charge in [-0.1, -0.05) is 135 Å². The van der Waals surface area contributed by atoms with Crippen molar-refractivity contribution in [3.05, 3.63) is 146 Å². The minimum Gasteiger partial charge on any atom is -0.408 e. The molecule has 2 aromatic heterocycles. The van der Waals surface area contributed by atoms with Crippen molar-refractivity contribution in [3.63, 3.8) is 0 Å². The molecule has 0 amide bonds. The summed E-state index contributed by atoms with van der Waals surface area (Å²) in [5.74, 6) is 0. The molecule has 0 radical (unpaired) electrons. The summed E-state index contributed by atoms with van der Waals surface area (Å²) in [5.41, 5.74) is 3.37. The molecule has 0 aliphatic carbocycles. The molecule has 12 rings (SSSR count). The van der Waals surface area contributed by atoms with Gasteiger partial charge in [0.15, 0.2) is 0 Å². The van der Waals surface area contributed by atoms with E-state index in [4.69, 9.17) is 16.8 Å². The molecule has 2 fully saturated rings. The summed E-state index contributed by atoms with van der Waals surface area (Å²) >= 11 is 0. The third kappa shape index (κ3) is 4.77. The average molecular weight is 769 g/mol. The summed E-state index contributed by atoms with van der Waals surface area (Å²) in [5, 5.41) is 13.9. The monoisotopic (exact) mass is 768 g/mol. The Morgan fingerprint density at radius 3 is 0.875 bits per heavy atom. The molecule has 8 heteroatoms. The first kappa shape index (κ1) is 32.7. The Balaban J connectivity index is 0.992. The highest BCUT2D eigenvalue weighted by molar-refractivity contribution is 7.39. The van der Waals surface area contributed by atoms with Gasteiger partial charge in [-0.2, -0.15) is 0 Å². The maximum Gasteiger partial charge on any atom is 0.309 e. The van der Waals surface area contributed by atoms with Gasteiger partial charge in [0.2, 0.25) is 0 Å².